The van der Waals surface area contributed by atoms with Crippen molar-refractivity contribution in [2.45, 2.75) is 25.7 Å². The van der Waals surface area contributed by atoms with Crippen molar-refractivity contribution >= 4 is 35.8 Å². The van der Waals surface area contributed by atoms with E-state index in [1.54, 1.807) is 13.3 Å². The largest absolute Gasteiger partial charge is 0.469 e. The van der Waals surface area contributed by atoms with E-state index >= 15 is 0 Å². The molecule has 1 aromatic rings. The van der Waals surface area contributed by atoms with E-state index in [0.29, 0.717) is 11.8 Å². The molecule has 1 saturated heterocycles. The molecule has 0 unspecified atom stereocenters. The lowest BCUT2D eigenvalue weighted by Gasteiger charge is -2.38. The summed E-state index contributed by atoms with van der Waals surface area (Å²) in [5, 5.41) is 6.65. The van der Waals surface area contributed by atoms with Gasteiger partial charge in [-0.1, -0.05) is 6.42 Å². The van der Waals surface area contributed by atoms with Crippen molar-refractivity contribution in [1.82, 2.24) is 20.4 Å². The van der Waals surface area contributed by atoms with E-state index in [2.05, 4.69) is 25.4 Å². The minimum absolute atomic E-state index is 0. The predicted molar refractivity (Wildman–Crippen MR) is 118 cm³/mol. The third-order valence-corrected chi connectivity index (χ3v) is 5.33. The molecule has 2 fully saturated rings. The zero-order valence-electron chi connectivity index (χ0n) is 16.2. The normalized spacial score (nSPS) is 18.6. The highest BCUT2D eigenvalue weighted by Gasteiger charge is 2.30. The van der Waals surface area contributed by atoms with Gasteiger partial charge in [0.1, 0.15) is 5.76 Å². The lowest BCUT2D eigenvalue weighted by molar-refractivity contribution is -0.139. The van der Waals surface area contributed by atoms with E-state index < -0.39 is 0 Å². The number of guanidine groups is 1. The second-order valence-corrected chi connectivity index (χ2v) is 7.05. The van der Waals surface area contributed by atoms with Crippen LogP contribution in [-0.2, 0) is 11.2 Å². The molecule has 8 heteroatoms. The van der Waals surface area contributed by atoms with Crippen LogP contribution in [0.5, 0.6) is 0 Å². The van der Waals surface area contributed by atoms with Gasteiger partial charge in [-0.15, -0.1) is 24.0 Å². The van der Waals surface area contributed by atoms with Gasteiger partial charge in [-0.25, -0.2) is 0 Å². The van der Waals surface area contributed by atoms with Crippen molar-refractivity contribution in [1.29, 1.82) is 0 Å². The zero-order valence-corrected chi connectivity index (χ0v) is 18.5. The topological polar surface area (TPSA) is 73.1 Å². The zero-order chi connectivity index (χ0) is 18.2. The molecule has 1 amide bonds. The van der Waals surface area contributed by atoms with E-state index in [9.17, 15) is 4.79 Å². The molecular formula is C19H32IN5O2. The summed E-state index contributed by atoms with van der Waals surface area (Å²) in [6.45, 7) is 6.25. The van der Waals surface area contributed by atoms with Gasteiger partial charge in [-0.2, -0.15) is 0 Å². The highest BCUT2D eigenvalue weighted by Crippen LogP contribution is 2.28. The van der Waals surface area contributed by atoms with Crippen LogP contribution in [0.1, 0.15) is 25.0 Å². The van der Waals surface area contributed by atoms with E-state index in [1.807, 2.05) is 12.1 Å². The highest BCUT2D eigenvalue weighted by atomic mass is 127. The first kappa shape index (κ1) is 22.0. The Morgan fingerprint density at radius 3 is 2.56 bits per heavy atom. The number of nitrogens with one attached hydrogen (secondary N) is 2. The number of piperazine rings is 1. The molecule has 0 radical (unpaired) electrons. The Morgan fingerprint density at radius 2 is 1.96 bits per heavy atom. The monoisotopic (exact) mass is 489 g/mol. The number of carbonyl (C=O) groups is 1. The van der Waals surface area contributed by atoms with Crippen molar-refractivity contribution in [3.05, 3.63) is 24.2 Å². The maximum absolute atomic E-state index is 12.3. The lowest BCUT2D eigenvalue weighted by atomic mass is 9.84. The average Bonchev–Trinajstić information content (AvgIpc) is 3.13. The van der Waals surface area contributed by atoms with Gasteiger partial charge in [-0.05, 0) is 25.0 Å². The number of rotatable bonds is 7. The maximum atomic E-state index is 12.3. The minimum atomic E-state index is 0. The Kier molecular flexibility index (Phi) is 9.40. The fourth-order valence-corrected chi connectivity index (χ4v) is 3.42. The summed E-state index contributed by atoms with van der Waals surface area (Å²) in [7, 11) is 1.78. The molecule has 0 bridgehead atoms. The van der Waals surface area contributed by atoms with E-state index in [-0.39, 0.29) is 24.0 Å². The van der Waals surface area contributed by atoms with Gasteiger partial charge < -0.3 is 20.0 Å². The van der Waals surface area contributed by atoms with Crippen LogP contribution in [0.15, 0.2) is 27.8 Å². The van der Waals surface area contributed by atoms with Gasteiger partial charge in [0.25, 0.3) is 0 Å². The van der Waals surface area contributed by atoms with Crippen LogP contribution >= 0.6 is 24.0 Å². The first-order chi connectivity index (χ1) is 12.8. The molecular weight excluding hydrogens is 457 g/mol. The molecule has 2 aliphatic rings. The fourth-order valence-electron chi connectivity index (χ4n) is 3.42. The van der Waals surface area contributed by atoms with E-state index in [4.69, 9.17) is 4.42 Å². The SMILES string of the molecule is CN=C(NCCc1ccco1)NCCN1CCN(C(=O)C2CCC2)CC1.I. The molecule has 152 valence electrons. The third-order valence-electron chi connectivity index (χ3n) is 5.33. The molecule has 2 heterocycles. The first-order valence-electron chi connectivity index (χ1n) is 9.74. The number of amides is 1. The maximum Gasteiger partial charge on any atom is 0.225 e. The predicted octanol–water partition coefficient (Wildman–Crippen LogP) is 1.55. The van der Waals surface area contributed by atoms with Crippen LogP contribution in [-0.4, -0.2) is 74.5 Å². The number of hydrogen-bond acceptors (Lipinski definition) is 4. The second-order valence-electron chi connectivity index (χ2n) is 7.05. The lowest BCUT2D eigenvalue weighted by Crippen LogP contribution is -2.52. The highest BCUT2D eigenvalue weighted by molar-refractivity contribution is 14.0. The Balaban J connectivity index is 0.00000261. The smallest absolute Gasteiger partial charge is 0.225 e. The number of hydrogen-bond donors (Lipinski definition) is 2. The number of carbonyl (C=O) groups excluding carboxylic acids is 1. The first-order valence-corrected chi connectivity index (χ1v) is 9.74. The number of nitrogens with zero attached hydrogens (tertiary/aromatic N) is 3. The van der Waals surface area contributed by atoms with Crippen LogP contribution in [0.25, 0.3) is 0 Å². The van der Waals surface area contributed by atoms with Crippen molar-refractivity contribution in [2.24, 2.45) is 10.9 Å². The van der Waals surface area contributed by atoms with Gasteiger partial charge in [0.05, 0.1) is 6.26 Å². The van der Waals surface area contributed by atoms with Crippen molar-refractivity contribution in [3.63, 3.8) is 0 Å². The molecule has 27 heavy (non-hydrogen) atoms. The Labute approximate surface area is 179 Å². The third kappa shape index (κ3) is 6.67. The van der Waals surface area contributed by atoms with Crippen LogP contribution in [0, 0.1) is 5.92 Å². The standard InChI is InChI=1S/C19H31N5O2.HI/c1-20-19(21-8-7-17-6-3-15-26-17)22-9-10-23-11-13-24(14-12-23)18(25)16-4-2-5-16;/h3,6,15-16H,2,4-5,7-14H2,1H3,(H2,20,21,22);1H. The van der Waals surface area contributed by atoms with Gasteiger partial charge in [-0.3, -0.25) is 14.7 Å². The molecule has 1 aliphatic heterocycles. The molecule has 0 aromatic carbocycles. The average molecular weight is 489 g/mol. The van der Waals surface area contributed by atoms with E-state index in [0.717, 1.165) is 76.8 Å². The summed E-state index contributed by atoms with van der Waals surface area (Å²) in [6, 6.07) is 3.88. The fraction of sp³-hybridized carbons (Fsp3) is 0.684. The van der Waals surface area contributed by atoms with Gasteiger partial charge in [0.15, 0.2) is 5.96 Å². The van der Waals surface area contributed by atoms with Crippen LogP contribution < -0.4 is 10.6 Å². The molecule has 2 N–H and O–H groups in total. The summed E-state index contributed by atoms with van der Waals surface area (Å²) in [4.78, 5) is 21.0. The molecule has 1 aliphatic carbocycles. The number of halogens is 1. The molecule has 1 aromatic heterocycles. The van der Waals surface area contributed by atoms with Gasteiger partial charge in [0.2, 0.25) is 5.91 Å². The molecule has 0 atom stereocenters. The summed E-state index contributed by atoms with van der Waals surface area (Å²) >= 11 is 0. The van der Waals surface area contributed by atoms with E-state index in [1.165, 1.54) is 6.42 Å². The summed E-state index contributed by atoms with van der Waals surface area (Å²) < 4.78 is 5.33. The minimum Gasteiger partial charge on any atom is -0.469 e. The number of furan rings is 1. The van der Waals surface area contributed by atoms with Gasteiger partial charge in [0, 0.05) is 65.2 Å². The summed E-state index contributed by atoms with van der Waals surface area (Å²) in [5.74, 6) is 2.49. The summed E-state index contributed by atoms with van der Waals surface area (Å²) in [6.07, 6.45) is 5.94. The molecule has 0 spiro atoms. The summed E-state index contributed by atoms with van der Waals surface area (Å²) in [5.41, 5.74) is 0. The van der Waals surface area contributed by atoms with Gasteiger partial charge >= 0.3 is 0 Å². The molecule has 3 rings (SSSR count). The Bertz CT molecular complexity index is 581. The van der Waals surface area contributed by atoms with Crippen molar-refractivity contribution in [2.75, 3.05) is 52.9 Å². The quantitative estimate of drug-likeness (QED) is 0.346. The Morgan fingerprint density at radius 1 is 1.22 bits per heavy atom. The number of aliphatic imine (C=N–C) groups is 1. The Hall–Kier alpha value is -1.29. The van der Waals surface area contributed by atoms with Crippen molar-refractivity contribution in [3.8, 4) is 0 Å². The van der Waals surface area contributed by atoms with Crippen LogP contribution in [0.4, 0.5) is 0 Å². The second kappa shape index (κ2) is 11.5. The van der Waals surface area contributed by atoms with Crippen molar-refractivity contribution < 1.29 is 9.21 Å². The van der Waals surface area contributed by atoms with Crippen LogP contribution in [0.2, 0.25) is 0 Å². The van der Waals surface area contributed by atoms with Crippen LogP contribution in [0.3, 0.4) is 0 Å². The molecule has 7 nitrogen and oxygen atoms in total. The molecule has 1 saturated carbocycles.